The van der Waals surface area contributed by atoms with Gasteiger partial charge in [0.25, 0.3) is 0 Å². The molecule has 5 nitrogen and oxygen atoms in total. The van der Waals surface area contributed by atoms with Gasteiger partial charge in [0.2, 0.25) is 0 Å². The van der Waals surface area contributed by atoms with Gasteiger partial charge in [0.1, 0.15) is 0 Å². The summed E-state index contributed by atoms with van der Waals surface area (Å²) in [5.41, 5.74) is 0. The molecule has 6 heteroatoms. The van der Waals surface area contributed by atoms with Gasteiger partial charge in [-0.15, -0.1) is 0 Å². The van der Waals surface area contributed by atoms with Crippen molar-refractivity contribution in [3.8, 4) is 0 Å². The second-order valence-corrected chi connectivity index (χ2v) is 7.20. The predicted octanol–water partition coefficient (Wildman–Crippen LogP) is -0.382. The first-order chi connectivity index (χ1) is 5.67. The fourth-order valence-electron chi connectivity index (χ4n) is 1.20. The second-order valence-electron chi connectivity index (χ2n) is 3.79. The summed E-state index contributed by atoms with van der Waals surface area (Å²) < 4.78 is 0. The summed E-state index contributed by atoms with van der Waals surface area (Å²) in [6, 6.07) is 0. The second kappa shape index (κ2) is 4.17. The van der Waals surface area contributed by atoms with E-state index in [1.54, 1.807) is 13.8 Å². The van der Waals surface area contributed by atoms with E-state index in [1.807, 2.05) is 0 Å². The van der Waals surface area contributed by atoms with Crippen molar-refractivity contribution in [1.82, 2.24) is 0 Å². The third kappa shape index (κ3) is 4.31. The van der Waals surface area contributed by atoms with Crippen molar-refractivity contribution in [1.29, 1.82) is 0 Å². The first-order valence-electron chi connectivity index (χ1n) is 4.22. The van der Waals surface area contributed by atoms with Crippen molar-refractivity contribution in [2.24, 2.45) is 5.92 Å². The molecule has 0 aliphatic rings. The molecular formula is C7H19O5P. The van der Waals surface area contributed by atoms with Gasteiger partial charge in [-0.2, -0.15) is 0 Å². The maximum absolute atomic E-state index is 9.43. The Hall–Kier alpha value is 0.230. The maximum atomic E-state index is 9.43. The molecule has 0 amide bonds. The Labute approximate surface area is 77.8 Å². The predicted molar refractivity (Wildman–Crippen MR) is 51.0 cm³/mol. The molecule has 13 heavy (non-hydrogen) atoms. The summed E-state index contributed by atoms with van der Waals surface area (Å²) in [5, 5.41) is 17.7. The van der Waals surface area contributed by atoms with Gasteiger partial charge in [-0.3, -0.25) is 0 Å². The topological polar surface area (TPSA) is 101 Å². The standard InChI is InChI=1S/C7H19O5P/c1-6(2)5-13(10,11,12)7(9)3-4-8/h6-12H,3-5H2,1-2H3. The van der Waals surface area contributed by atoms with Crippen LogP contribution in [0.2, 0.25) is 0 Å². The van der Waals surface area contributed by atoms with Crippen molar-refractivity contribution >= 4 is 7.28 Å². The molecule has 0 saturated heterocycles. The van der Waals surface area contributed by atoms with Gasteiger partial charge in [0.05, 0.1) is 0 Å². The van der Waals surface area contributed by atoms with E-state index in [0.29, 0.717) is 0 Å². The quantitative estimate of drug-likeness (QED) is 0.401. The molecule has 82 valence electrons. The molecule has 0 aromatic heterocycles. The van der Waals surface area contributed by atoms with Crippen LogP contribution in [0, 0.1) is 5.92 Å². The van der Waals surface area contributed by atoms with Crippen LogP contribution in [0.4, 0.5) is 0 Å². The zero-order chi connectivity index (χ0) is 10.7. The molecule has 0 rings (SSSR count). The molecule has 0 radical (unpaired) electrons. The summed E-state index contributed by atoms with van der Waals surface area (Å²) in [6.07, 6.45) is -0.471. The SMILES string of the molecule is CC(C)CP(O)(O)(O)C(O)CCO. The van der Waals surface area contributed by atoms with Gasteiger partial charge in [0, 0.05) is 0 Å². The molecule has 0 spiro atoms. The minimum atomic E-state index is -4.96. The van der Waals surface area contributed by atoms with E-state index >= 15 is 0 Å². The van der Waals surface area contributed by atoms with E-state index in [1.165, 1.54) is 0 Å². The Kier molecular flexibility index (Phi) is 4.24. The first-order valence-corrected chi connectivity index (χ1v) is 6.57. The van der Waals surface area contributed by atoms with Crippen molar-refractivity contribution < 1.29 is 24.9 Å². The molecule has 0 bridgehead atoms. The Balaban J connectivity index is 4.46. The fraction of sp³-hybridized carbons (Fsp3) is 1.00. The average Bonchev–Trinajstić information content (AvgIpc) is 1.83. The van der Waals surface area contributed by atoms with E-state index in [-0.39, 0.29) is 18.5 Å². The Morgan fingerprint density at radius 3 is 1.92 bits per heavy atom. The number of hydrogen-bond acceptors (Lipinski definition) is 5. The van der Waals surface area contributed by atoms with Crippen LogP contribution in [-0.2, 0) is 0 Å². The third-order valence-electron chi connectivity index (χ3n) is 1.71. The molecule has 0 saturated carbocycles. The van der Waals surface area contributed by atoms with Crippen molar-refractivity contribution in [3.05, 3.63) is 0 Å². The van der Waals surface area contributed by atoms with E-state index in [0.717, 1.165) is 0 Å². The van der Waals surface area contributed by atoms with Gasteiger partial charge >= 0.3 is 77.0 Å². The summed E-state index contributed by atoms with van der Waals surface area (Å²) in [7, 11) is -4.96. The van der Waals surface area contributed by atoms with E-state index in [9.17, 15) is 19.8 Å². The van der Waals surface area contributed by atoms with Gasteiger partial charge in [-0.25, -0.2) is 0 Å². The minimum absolute atomic E-state index is 0.133. The molecule has 0 fully saturated rings. The molecular weight excluding hydrogens is 195 g/mol. The van der Waals surface area contributed by atoms with Crippen LogP contribution in [0.1, 0.15) is 20.3 Å². The van der Waals surface area contributed by atoms with E-state index < -0.39 is 19.7 Å². The summed E-state index contributed by atoms with van der Waals surface area (Å²) >= 11 is 0. The zero-order valence-corrected chi connectivity index (χ0v) is 8.85. The van der Waals surface area contributed by atoms with Gasteiger partial charge in [-0.1, -0.05) is 0 Å². The number of hydrogen-bond donors (Lipinski definition) is 5. The van der Waals surface area contributed by atoms with Crippen molar-refractivity contribution in [3.63, 3.8) is 0 Å². The molecule has 1 atom stereocenters. The Bertz CT molecular complexity index is 162. The molecule has 0 aromatic carbocycles. The van der Waals surface area contributed by atoms with E-state index in [4.69, 9.17) is 5.11 Å². The summed E-state index contributed by atoms with van der Waals surface area (Å²) in [6.45, 7) is 3.02. The normalized spacial score (nSPS) is 18.3. The van der Waals surface area contributed by atoms with Crippen LogP contribution in [0.15, 0.2) is 0 Å². The zero-order valence-electron chi connectivity index (χ0n) is 7.96. The Morgan fingerprint density at radius 1 is 1.15 bits per heavy atom. The van der Waals surface area contributed by atoms with Crippen LogP contribution < -0.4 is 0 Å². The van der Waals surface area contributed by atoms with Crippen LogP contribution in [0.5, 0.6) is 0 Å². The molecule has 0 aromatic rings. The van der Waals surface area contributed by atoms with Gasteiger partial charge < -0.3 is 0 Å². The molecule has 5 N–H and O–H groups in total. The number of rotatable bonds is 5. The van der Waals surface area contributed by atoms with E-state index in [2.05, 4.69) is 0 Å². The third-order valence-corrected chi connectivity index (χ3v) is 4.62. The van der Waals surface area contributed by atoms with Crippen molar-refractivity contribution in [2.45, 2.75) is 26.1 Å². The van der Waals surface area contributed by atoms with Crippen LogP contribution in [-0.4, -0.2) is 43.5 Å². The van der Waals surface area contributed by atoms with Crippen LogP contribution in [0.25, 0.3) is 0 Å². The number of aliphatic hydroxyl groups excluding tert-OH is 2. The average molecular weight is 214 g/mol. The fourth-order valence-corrected chi connectivity index (χ4v) is 3.49. The molecule has 0 aliphatic carbocycles. The van der Waals surface area contributed by atoms with Crippen LogP contribution in [0.3, 0.4) is 0 Å². The molecule has 1 unspecified atom stereocenters. The molecule has 0 aliphatic heterocycles. The monoisotopic (exact) mass is 214 g/mol. The number of aliphatic hydroxyl groups is 2. The van der Waals surface area contributed by atoms with Crippen molar-refractivity contribution in [2.75, 3.05) is 12.8 Å². The Morgan fingerprint density at radius 2 is 1.62 bits per heavy atom. The summed E-state index contributed by atoms with van der Waals surface area (Å²) in [5.74, 6) is -1.77. The van der Waals surface area contributed by atoms with Crippen LogP contribution >= 0.6 is 7.28 Å². The van der Waals surface area contributed by atoms with Gasteiger partial charge in [0.15, 0.2) is 0 Å². The van der Waals surface area contributed by atoms with Gasteiger partial charge in [-0.05, 0) is 0 Å². The summed E-state index contributed by atoms with van der Waals surface area (Å²) in [4.78, 5) is 28.3. The first kappa shape index (κ1) is 13.2. The molecule has 0 heterocycles.